The monoisotopic (exact) mass is 236 g/mol. The minimum atomic E-state index is -0.930. The molecule has 17 heavy (non-hydrogen) atoms. The molecule has 0 saturated carbocycles. The van der Waals surface area contributed by atoms with E-state index in [1.165, 1.54) is 18.9 Å². The van der Waals surface area contributed by atoms with Crippen LogP contribution in [0.1, 0.15) is 43.0 Å². The first-order valence-electron chi connectivity index (χ1n) is 6.02. The Labute approximate surface area is 102 Å². The van der Waals surface area contributed by atoms with Gasteiger partial charge in [0.15, 0.2) is 0 Å². The van der Waals surface area contributed by atoms with Crippen molar-refractivity contribution in [2.24, 2.45) is 0 Å². The molecule has 0 saturated heterocycles. The van der Waals surface area contributed by atoms with Crippen molar-refractivity contribution in [1.82, 2.24) is 0 Å². The Balaban J connectivity index is 2.56. The van der Waals surface area contributed by atoms with Gasteiger partial charge in [0.05, 0.1) is 11.3 Å². The zero-order valence-electron chi connectivity index (χ0n) is 10.2. The molecule has 94 valence electrons. The third kappa shape index (κ3) is 4.34. The second-order valence-electron chi connectivity index (χ2n) is 4.10. The second-order valence-corrected chi connectivity index (χ2v) is 4.10. The first-order valence-corrected chi connectivity index (χ1v) is 6.02. The molecular formula is C13H20N2O2. The smallest absolute Gasteiger partial charge is 0.337 e. The van der Waals surface area contributed by atoms with Crippen LogP contribution in [-0.2, 0) is 0 Å². The van der Waals surface area contributed by atoms with Gasteiger partial charge >= 0.3 is 5.97 Å². The predicted molar refractivity (Wildman–Crippen MR) is 70.4 cm³/mol. The number of nitrogen functional groups attached to an aromatic ring is 1. The van der Waals surface area contributed by atoms with Gasteiger partial charge in [-0.1, -0.05) is 26.2 Å². The summed E-state index contributed by atoms with van der Waals surface area (Å²) in [5, 5.41) is 12.1. The maximum Gasteiger partial charge on any atom is 0.337 e. The lowest BCUT2D eigenvalue weighted by Gasteiger charge is -2.10. The number of aromatic carboxylic acids is 1. The van der Waals surface area contributed by atoms with Gasteiger partial charge in [-0.15, -0.1) is 0 Å². The van der Waals surface area contributed by atoms with E-state index in [1.807, 2.05) is 0 Å². The maximum absolute atomic E-state index is 11.0. The summed E-state index contributed by atoms with van der Waals surface area (Å²) in [4.78, 5) is 11.0. The Morgan fingerprint density at radius 3 is 2.76 bits per heavy atom. The first kappa shape index (κ1) is 13.4. The molecule has 1 aromatic carbocycles. The van der Waals surface area contributed by atoms with Crippen LogP contribution < -0.4 is 11.1 Å². The maximum atomic E-state index is 11.0. The van der Waals surface area contributed by atoms with E-state index in [0.29, 0.717) is 11.4 Å². The summed E-state index contributed by atoms with van der Waals surface area (Å²) < 4.78 is 0. The van der Waals surface area contributed by atoms with Gasteiger partial charge < -0.3 is 16.2 Å². The topological polar surface area (TPSA) is 75.3 Å². The van der Waals surface area contributed by atoms with E-state index < -0.39 is 5.97 Å². The minimum Gasteiger partial charge on any atom is -0.478 e. The van der Waals surface area contributed by atoms with Crippen molar-refractivity contribution in [3.05, 3.63) is 23.8 Å². The number of benzene rings is 1. The Kier molecular flexibility index (Phi) is 5.33. The molecule has 0 unspecified atom stereocenters. The molecule has 0 fully saturated rings. The van der Waals surface area contributed by atoms with Crippen molar-refractivity contribution in [2.75, 3.05) is 17.6 Å². The van der Waals surface area contributed by atoms with Crippen molar-refractivity contribution < 1.29 is 9.90 Å². The zero-order valence-corrected chi connectivity index (χ0v) is 10.2. The van der Waals surface area contributed by atoms with Gasteiger partial charge in [-0.3, -0.25) is 0 Å². The summed E-state index contributed by atoms with van der Waals surface area (Å²) in [5.41, 5.74) is 7.10. The van der Waals surface area contributed by atoms with E-state index in [9.17, 15) is 4.79 Å². The van der Waals surface area contributed by atoms with Crippen LogP contribution in [0.25, 0.3) is 0 Å². The van der Waals surface area contributed by atoms with Gasteiger partial charge in [-0.2, -0.15) is 0 Å². The summed E-state index contributed by atoms with van der Waals surface area (Å²) in [6, 6.07) is 4.81. The van der Waals surface area contributed by atoms with Crippen LogP contribution in [-0.4, -0.2) is 17.6 Å². The summed E-state index contributed by atoms with van der Waals surface area (Å²) in [6.45, 7) is 2.94. The molecule has 0 amide bonds. The molecule has 0 aromatic heterocycles. The van der Waals surface area contributed by atoms with Crippen LogP contribution >= 0.6 is 0 Å². The SMILES string of the molecule is CCCCCCNc1cc(N)ccc1C(=O)O. The number of carbonyl (C=O) groups is 1. The van der Waals surface area contributed by atoms with Crippen molar-refractivity contribution in [3.8, 4) is 0 Å². The van der Waals surface area contributed by atoms with Crippen molar-refractivity contribution in [2.45, 2.75) is 32.6 Å². The molecule has 0 aliphatic rings. The van der Waals surface area contributed by atoms with Gasteiger partial charge in [0, 0.05) is 12.2 Å². The molecule has 1 aromatic rings. The number of carboxylic acid groups (broad SMARTS) is 1. The van der Waals surface area contributed by atoms with Crippen molar-refractivity contribution in [3.63, 3.8) is 0 Å². The highest BCUT2D eigenvalue weighted by Gasteiger charge is 2.09. The lowest BCUT2D eigenvalue weighted by atomic mass is 10.1. The number of hydrogen-bond donors (Lipinski definition) is 3. The van der Waals surface area contributed by atoms with Gasteiger partial charge in [0.1, 0.15) is 0 Å². The Bertz CT molecular complexity index is 378. The Morgan fingerprint density at radius 2 is 2.12 bits per heavy atom. The number of rotatable bonds is 7. The number of nitrogens with one attached hydrogen (secondary N) is 1. The fourth-order valence-electron chi connectivity index (χ4n) is 1.67. The first-order chi connectivity index (χ1) is 8.15. The molecule has 4 N–H and O–H groups in total. The van der Waals surface area contributed by atoms with Gasteiger partial charge in [0.25, 0.3) is 0 Å². The van der Waals surface area contributed by atoms with Gasteiger partial charge in [-0.25, -0.2) is 4.79 Å². The minimum absolute atomic E-state index is 0.273. The second kappa shape index (κ2) is 6.78. The molecule has 1 rings (SSSR count). The van der Waals surface area contributed by atoms with E-state index in [0.717, 1.165) is 19.4 Å². The third-order valence-corrected chi connectivity index (χ3v) is 2.62. The predicted octanol–water partition coefficient (Wildman–Crippen LogP) is 2.96. The van der Waals surface area contributed by atoms with Crippen LogP contribution in [0, 0.1) is 0 Å². The van der Waals surface area contributed by atoms with E-state index in [4.69, 9.17) is 10.8 Å². The van der Waals surface area contributed by atoms with E-state index in [2.05, 4.69) is 12.2 Å². The molecule has 0 heterocycles. The zero-order chi connectivity index (χ0) is 12.7. The number of carboxylic acids is 1. The summed E-state index contributed by atoms with van der Waals surface area (Å²) in [7, 11) is 0. The van der Waals surface area contributed by atoms with Crippen molar-refractivity contribution >= 4 is 17.3 Å². The molecule has 0 aliphatic carbocycles. The quantitative estimate of drug-likeness (QED) is 0.502. The standard InChI is InChI=1S/C13H20N2O2/c1-2-3-4-5-8-15-12-9-10(14)6-7-11(12)13(16)17/h6-7,9,15H,2-5,8,14H2,1H3,(H,16,17). The molecule has 0 radical (unpaired) electrons. The molecule has 4 heteroatoms. The fraction of sp³-hybridized carbons (Fsp3) is 0.462. The van der Waals surface area contributed by atoms with Crippen LogP contribution in [0.3, 0.4) is 0 Å². The normalized spacial score (nSPS) is 10.2. The number of hydrogen-bond acceptors (Lipinski definition) is 3. The largest absolute Gasteiger partial charge is 0.478 e. The third-order valence-electron chi connectivity index (χ3n) is 2.62. The lowest BCUT2D eigenvalue weighted by Crippen LogP contribution is -2.08. The number of nitrogens with two attached hydrogens (primary N) is 1. The van der Waals surface area contributed by atoms with Gasteiger partial charge in [0.2, 0.25) is 0 Å². The summed E-state index contributed by atoms with van der Waals surface area (Å²) in [5.74, 6) is -0.930. The molecule has 0 spiro atoms. The highest BCUT2D eigenvalue weighted by Crippen LogP contribution is 2.19. The average Bonchev–Trinajstić information content (AvgIpc) is 2.28. The van der Waals surface area contributed by atoms with Gasteiger partial charge in [-0.05, 0) is 24.6 Å². The van der Waals surface area contributed by atoms with Crippen LogP contribution in [0.15, 0.2) is 18.2 Å². The van der Waals surface area contributed by atoms with Crippen LogP contribution in [0.2, 0.25) is 0 Å². The molecule has 0 aliphatic heterocycles. The average molecular weight is 236 g/mol. The highest BCUT2D eigenvalue weighted by atomic mass is 16.4. The van der Waals surface area contributed by atoms with Crippen LogP contribution in [0.5, 0.6) is 0 Å². The van der Waals surface area contributed by atoms with E-state index >= 15 is 0 Å². The lowest BCUT2D eigenvalue weighted by molar-refractivity contribution is 0.0698. The van der Waals surface area contributed by atoms with Crippen LogP contribution in [0.4, 0.5) is 11.4 Å². The van der Waals surface area contributed by atoms with E-state index in [1.54, 1.807) is 12.1 Å². The molecule has 0 bridgehead atoms. The summed E-state index contributed by atoms with van der Waals surface area (Å²) in [6.07, 6.45) is 4.61. The number of unbranched alkanes of at least 4 members (excludes halogenated alkanes) is 3. The Morgan fingerprint density at radius 1 is 1.35 bits per heavy atom. The van der Waals surface area contributed by atoms with E-state index in [-0.39, 0.29) is 5.56 Å². The van der Waals surface area contributed by atoms with Crippen molar-refractivity contribution in [1.29, 1.82) is 0 Å². The fourth-order valence-corrected chi connectivity index (χ4v) is 1.67. The Hall–Kier alpha value is -1.71. The number of anilines is 2. The molecule has 4 nitrogen and oxygen atoms in total. The highest BCUT2D eigenvalue weighted by molar-refractivity contribution is 5.95. The summed E-state index contributed by atoms with van der Waals surface area (Å²) >= 11 is 0. The molecular weight excluding hydrogens is 216 g/mol. The molecule has 0 atom stereocenters.